The molecular weight excluding hydrogens is 176 g/mol. The van der Waals surface area contributed by atoms with Crippen LogP contribution in [0.1, 0.15) is 12.0 Å². The first-order valence-electron chi connectivity index (χ1n) is 3.71. The first-order valence-corrected chi connectivity index (χ1v) is 3.71. The molecule has 2 rings (SSSR count). The molecule has 0 saturated carbocycles. The Hall–Kier alpha value is -1.65. The number of alkyl halides is 2. The molecule has 0 saturated heterocycles. The molecule has 0 atom stereocenters. The fourth-order valence-electron chi connectivity index (χ4n) is 1.27. The monoisotopic (exact) mass is 183 g/mol. The van der Waals surface area contributed by atoms with E-state index in [1.807, 2.05) is 0 Å². The van der Waals surface area contributed by atoms with Gasteiger partial charge in [0.2, 0.25) is 0 Å². The Kier molecular flexibility index (Phi) is 1.65. The molecule has 68 valence electrons. The van der Waals surface area contributed by atoms with Crippen LogP contribution in [-0.2, 0) is 0 Å². The van der Waals surface area contributed by atoms with Gasteiger partial charge in [0.05, 0.1) is 5.52 Å². The standard InChI is InChI=1S/C8H7F2N3/c9-7(10)4-2-1-3-5-6(4)12-13-8(5)11/h1-3,7H,(H3,11,12,13). The van der Waals surface area contributed by atoms with Crippen LogP contribution in [0.3, 0.4) is 0 Å². The van der Waals surface area contributed by atoms with Crippen molar-refractivity contribution in [2.75, 3.05) is 5.73 Å². The van der Waals surface area contributed by atoms with Gasteiger partial charge >= 0.3 is 0 Å². The Morgan fingerprint density at radius 1 is 1.38 bits per heavy atom. The molecule has 0 bridgehead atoms. The zero-order chi connectivity index (χ0) is 9.42. The van der Waals surface area contributed by atoms with Crippen LogP contribution in [-0.4, -0.2) is 10.2 Å². The second-order valence-electron chi connectivity index (χ2n) is 2.68. The molecule has 0 aliphatic rings. The van der Waals surface area contributed by atoms with Gasteiger partial charge < -0.3 is 5.73 Å². The fourth-order valence-corrected chi connectivity index (χ4v) is 1.27. The largest absolute Gasteiger partial charge is 0.382 e. The van der Waals surface area contributed by atoms with E-state index in [9.17, 15) is 8.78 Å². The number of hydrogen-bond donors (Lipinski definition) is 2. The molecule has 0 aliphatic heterocycles. The van der Waals surface area contributed by atoms with E-state index >= 15 is 0 Å². The first kappa shape index (κ1) is 7.97. The van der Waals surface area contributed by atoms with Crippen molar-refractivity contribution in [2.24, 2.45) is 0 Å². The van der Waals surface area contributed by atoms with E-state index in [1.54, 1.807) is 6.07 Å². The van der Waals surface area contributed by atoms with Crippen molar-refractivity contribution >= 4 is 16.7 Å². The molecule has 3 N–H and O–H groups in total. The summed E-state index contributed by atoms with van der Waals surface area (Å²) < 4.78 is 24.8. The third-order valence-corrected chi connectivity index (χ3v) is 1.90. The van der Waals surface area contributed by atoms with E-state index in [0.717, 1.165) is 0 Å². The average Bonchev–Trinajstić information content (AvgIpc) is 2.48. The number of rotatable bonds is 1. The predicted molar refractivity (Wildman–Crippen MR) is 45.5 cm³/mol. The number of nitrogens with zero attached hydrogens (tertiary/aromatic N) is 1. The number of hydrogen-bond acceptors (Lipinski definition) is 2. The molecule has 1 aromatic carbocycles. The van der Waals surface area contributed by atoms with Gasteiger partial charge in [-0.2, -0.15) is 5.10 Å². The number of aromatic nitrogens is 2. The Bertz CT molecular complexity index is 436. The van der Waals surface area contributed by atoms with Gasteiger partial charge in [0.25, 0.3) is 6.43 Å². The second kappa shape index (κ2) is 2.69. The lowest BCUT2D eigenvalue weighted by molar-refractivity contribution is 0.153. The summed E-state index contributed by atoms with van der Waals surface area (Å²) in [7, 11) is 0. The SMILES string of the molecule is Nc1n[nH]c2c(C(F)F)cccc12. The number of fused-ring (bicyclic) bond motifs is 1. The Morgan fingerprint density at radius 3 is 2.85 bits per heavy atom. The van der Waals surface area contributed by atoms with Crippen molar-refractivity contribution in [3.8, 4) is 0 Å². The number of aromatic amines is 1. The lowest BCUT2D eigenvalue weighted by atomic mass is 10.1. The zero-order valence-corrected chi connectivity index (χ0v) is 6.59. The van der Waals surface area contributed by atoms with Crippen molar-refractivity contribution in [3.05, 3.63) is 23.8 Å². The summed E-state index contributed by atoms with van der Waals surface area (Å²) in [5.74, 6) is 0.248. The normalized spacial score (nSPS) is 11.3. The zero-order valence-electron chi connectivity index (χ0n) is 6.59. The van der Waals surface area contributed by atoms with Gasteiger partial charge in [0, 0.05) is 10.9 Å². The van der Waals surface area contributed by atoms with E-state index in [1.165, 1.54) is 12.1 Å². The number of para-hydroxylation sites is 1. The maximum Gasteiger partial charge on any atom is 0.265 e. The minimum atomic E-state index is -2.51. The van der Waals surface area contributed by atoms with Gasteiger partial charge in [-0.05, 0) is 6.07 Å². The second-order valence-corrected chi connectivity index (χ2v) is 2.68. The lowest BCUT2D eigenvalue weighted by Gasteiger charge is -1.99. The molecule has 1 aromatic heterocycles. The van der Waals surface area contributed by atoms with Gasteiger partial charge in [-0.25, -0.2) is 8.78 Å². The first-order chi connectivity index (χ1) is 6.20. The molecule has 0 fully saturated rings. The summed E-state index contributed by atoms with van der Waals surface area (Å²) in [6.07, 6.45) is -2.51. The number of nitrogens with one attached hydrogen (secondary N) is 1. The van der Waals surface area contributed by atoms with Crippen LogP contribution in [0.2, 0.25) is 0 Å². The summed E-state index contributed by atoms with van der Waals surface area (Å²) in [4.78, 5) is 0. The minimum absolute atomic E-state index is 0.0679. The highest BCUT2D eigenvalue weighted by Gasteiger charge is 2.13. The van der Waals surface area contributed by atoms with E-state index in [4.69, 9.17) is 5.73 Å². The number of anilines is 1. The van der Waals surface area contributed by atoms with Crippen molar-refractivity contribution in [1.82, 2.24) is 10.2 Å². The summed E-state index contributed by atoms with van der Waals surface area (Å²) in [6, 6.07) is 4.54. The molecule has 0 amide bonds. The molecule has 1 heterocycles. The van der Waals surface area contributed by atoms with Crippen LogP contribution >= 0.6 is 0 Å². The Morgan fingerprint density at radius 2 is 2.15 bits per heavy atom. The Labute approximate surface area is 72.5 Å². The molecule has 13 heavy (non-hydrogen) atoms. The number of benzene rings is 1. The van der Waals surface area contributed by atoms with Gasteiger partial charge in [0.15, 0.2) is 5.82 Å². The van der Waals surface area contributed by atoms with E-state index in [-0.39, 0.29) is 11.4 Å². The molecule has 0 radical (unpaired) electrons. The van der Waals surface area contributed by atoms with Crippen LogP contribution in [0.5, 0.6) is 0 Å². The van der Waals surface area contributed by atoms with Gasteiger partial charge in [-0.3, -0.25) is 5.10 Å². The van der Waals surface area contributed by atoms with Crippen molar-refractivity contribution in [3.63, 3.8) is 0 Å². The summed E-state index contributed by atoms with van der Waals surface area (Å²) in [5.41, 5.74) is 5.70. The van der Waals surface area contributed by atoms with Crippen molar-refractivity contribution < 1.29 is 8.78 Å². The molecule has 0 unspecified atom stereocenters. The summed E-state index contributed by atoms with van der Waals surface area (Å²) in [5, 5.41) is 6.68. The quantitative estimate of drug-likeness (QED) is 0.711. The molecule has 3 nitrogen and oxygen atoms in total. The minimum Gasteiger partial charge on any atom is -0.382 e. The van der Waals surface area contributed by atoms with Gasteiger partial charge in [-0.15, -0.1) is 0 Å². The highest BCUT2D eigenvalue weighted by Crippen LogP contribution is 2.28. The maximum absolute atomic E-state index is 12.4. The van der Waals surface area contributed by atoms with Crippen LogP contribution in [0, 0.1) is 0 Å². The predicted octanol–water partition coefficient (Wildman–Crippen LogP) is 2.08. The topological polar surface area (TPSA) is 54.7 Å². The lowest BCUT2D eigenvalue weighted by Crippen LogP contribution is -1.86. The number of halogens is 2. The molecule has 2 aromatic rings. The van der Waals surface area contributed by atoms with Gasteiger partial charge in [-0.1, -0.05) is 12.1 Å². The van der Waals surface area contributed by atoms with Crippen LogP contribution in [0.15, 0.2) is 18.2 Å². The molecule has 0 aliphatic carbocycles. The molecular formula is C8H7F2N3. The fraction of sp³-hybridized carbons (Fsp3) is 0.125. The summed E-state index contributed by atoms with van der Waals surface area (Å²) >= 11 is 0. The highest BCUT2D eigenvalue weighted by atomic mass is 19.3. The number of H-pyrrole nitrogens is 1. The summed E-state index contributed by atoms with van der Waals surface area (Å²) in [6.45, 7) is 0. The maximum atomic E-state index is 12.4. The third kappa shape index (κ3) is 1.12. The molecule has 0 spiro atoms. The van der Waals surface area contributed by atoms with Crippen molar-refractivity contribution in [2.45, 2.75) is 6.43 Å². The van der Waals surface area contributed by atoms with Crippen LogP contribution in [0.25, 0.3) is 10.9 Å². The van der Waals surface area contributed by atoms with E-state index in [2.05, 4.69) is 10.2 Å². The van der Waals surface area contributed by atoms with Gasteiger partial charge in [0.1, 0.15) is 0 Å². The van der Waals surface area contributed by atoms with Crippen LogP contribution < -0.4 is 5.73 Å². The number of nitrogen functional groups attached to an aromatic ring is 1. The average molecular weight is 183 g/mol. The molecule has 5 heteroatoms. The third-order valence-electron chi connectivity index (χ3n) is 1.90. The van der Waals surface area contributed by atoms with E-state index in [0.29, 0.717) is 10.9 Å². The highest BCUT2D eigenvalue weighted by molar-refractivity contribution is 5.90. The van der Waals surface area contributed by atoms with Crippen molar-refractivity contribution in [1.29, 1.82) is 0 Å². The number of nitrogens with two attached hydrogens (primary N) is 1. The Balaban J connectivity index is 2.77. The van der Waals surface area contributed by atoms with Crippen LogP contribution in [0.4, 0.5) is 14.6 Å². The van der Waals surface area contributed by atoms with E-state index < -0.39 is 6.43 Å². The smallest absolute Gasteiger partial charge is 0.265 e.